The van der Waals surface area contributed by atoms with Gasteiger partial charge in [0.05, 0.1) is 23.2 Å². The molecule has 0 saturated carbocycles. The summed E-state index contributed by atoms with van der Waals surface area (Å²) in [5.41, 5.74) is 2.17. The number of anilines is 1. The van der Waals surface area contributed by atoms with Gasteiger partial charge in [0, 0.05) is 6.54 Å². The number of allylic oxidation sites excluding steroid dienone is 2. The van der Waals surface area contributed by atoms with Crippen molar-refractivity contribution in [2.75, 3.05) is 18.1 Å². The number of benzene rings is 1. The van der Waals surface area contributed by atoms with Crippen LogP contribution in [0.5, 0.6) is 0 Å². The summed E-state index contributed by atoms with van der Waals surface area (Å²) in [6.07, 6.45) is 2.45. The van der Waals surface area contributed by atoms with Crippen LogP contribution in [-0.2, 0) is 4.74 Å². The molecule has 0 spiro atoms. The lowest BCUT2D eigenvalue weighted by atomic mass is 10.1. The molecule has 0 atom stereocenters. The van der Waals surface area contributed by atoms with E-state index in [0.29, 0.717) is 47.2 Å². The molecule has 1 aromatic carbocycles. The zero-order valence-corrected chi connectivity index (χ0v) is 15.4. The van der Waals surface area contributed by atoms with Gasteiger partial charge < -0.3 is 9.64 Å². The second kappa shape index (κ2) is 6.50. The molecule has 2 aromatic heterocycles. The summed E-state index contributed by atoms with van der Waals surface area (Å²) < 4.78 is 22.6. The molecular formula is C20H20FN5O. The Kier molecular flexibility index (Phi) is 4.14. The van der Waals surface area contributed by atoms with E-state index in [0.717, 1.165) is 17.7 Å². The quantitative estimate of drug-likeness (QED) is 0.704. The van der Waals surface area contributed by atoms with E-state index in [2.05, 4.69) is 28.3 Å². The maximum atomic E-state index is 14.9. The molecule has 0 radical (unpaired) electrons. The maximum Gasteiger partial charge on any atom is 0.257 e. The van der Waals surface area contributed by atoms with Crippen LogP contribution in [0, 0.1) is 12.7 Å². The lowest BCUT2D eigenvalue weighted by Crippen LogP contribution is -2.25. The molecule has 0 aliphatic carbocycles. The fourth-order valence-corrected chi connectivity index (χ4v) is 3.45. The minimum Gasteiger partial charge on any atom is -0.491 e. The summed E-state index contributed by atoms with van der Waals surface area (Å²) in [7, 11) is 0. The Bertz CT molecular complexity index is 1110. The molecule has 0 amide bonds. The number of ether oxygens (including phenoxy) is 1. The van der Waals surface area contributed by atoms with Crippen molar-refractivity contribution in [1.82, 2.24) is 19.6 Å². The number of aromatic nitrogens is 4. The SMILES string of the molecule is C=CC1=C(C(=C)C)OCCCN1c1nc2nnc(C)n2c2cccc(F)c12. The Hall–Kier alpha value is -3.22. The van der Waals surface area contributed by atoms with Crippen molar-refractivity contribution in [3.63, 3.8) is 0 Å². The Labute approximate surface area is 156 Å². The number of aryl methyl sites for hydroxylation is 1. The smallest absolute Gasteiger partial charge is 0.257 e. The predicted octanol–water partition coefficient (Wildman–Crippen LogP) is 3.93. The van der Waals surface area contributed by atoms with Crippen LogP contribution in [0.1, 0.15) is 19.2 Å². The van der Waals surface area contributed by atoms with Gasteiger partial charge in [-0.25, -0.2) is 4.39 Å². The van der Waals surface area contributed by atoms with Crippen molar-refractivity contribution in [2.45, 2.75) is 20.3 Å². The van der Waals surface area contributed by atoms with E-state index < -0.39 is 0 Å². The van der Waals surface area contributed by atoms with Gasteiger partial charge in [0.2, 0.25) is 0 Å². The molecule has 7 heteroatoms. The van der Waals surface area contributed by atoms with Crippen LogP contribution in [0.2, 0.25) is 0 Å². The number of fused-ring (bicyclic) bond motifs is 3. The first kappa shape index (κ1) is 17.2. The van der Waals surface area contributed by atoms with Gasteiger partial charge >= 0.3 is 0 Å². The second-order valence-electron chi connectivity index (χ2n) is 6.50. The molecule has 0 fully saturated rings. The highest BCUT2D eigenvalue weighted by Crippen LogP contribution is 2.34. The second-order valence-corrected chi connectivity index (χ2v) is 6.50. The first-order valence-corrected chi connectivity index (χ1v) is 8.75. The summed E-state index contributed by atoms with van der Waals surface area (Å²) in [5.74, 6) is 1.84. The summed E-state index contributed by atoms with van der Waals surface area (Å²) in [4.78, 5) is 6.58. The Morgan fingerprint density at radius 1 is 1.33 bits per heavy atom. The number of hydrogen-bond donors (Lipinski definition) is 0. The number of hydrogen-bond acceptors (Lipinski definition) is 5. The van der Waals surface area contributed by atoms with Crippen LogP contribution in [0.4, 0.5) is 10.2 Å². The van der Waals surface area contributed by atoms with Crippen molar-refractivity contribution < 1.29 is 9.13 Å². The number of nitrogens with zero attached hydrogens (tertiary/aromatic N) is 5. The molecule has 3 aromatic rings. The standard InChI is InChI=1S/C20H20FN5O/c1-5-15-18(12(2)3)27-11-7-10-25(15)19-17-14(21)8-6-9-16(17)26-13(4)23-24-20(26)22-19/h5-6,8-9H,1-2,7,10-11H2,3-4H3. The molecule has 4 rings (SSSR count). The third-order valence-electron chi connectivity index (χ3n) is 4.60. The molecule has 1 aliphatic rings. The highest BCUT2D eigenvalue weighted by Gasteiger charge is 2.25. The molecule has 0 saturated heterocycles. The van der Waals surface area contributed by atoms with Crippen LogP contribution in [0.25, 0.3) is 16.7 Å². The summed E-state index contributed by atoms with van der Waals surface area (Å²) in [5, 5.41) is 8.66. The van der Waals surface area contributed by atoms with E-state index in [1.807, 2.05) is 24.8 Å². The Morgan fingerprint density at radius 2 is 2.15 bits per heavy atom. The Morgan fingerprint density at radius 3 is 2.89 bits per heavy atom. The summed E-state index contributed by atoms with van der Waals surface area (Å²) in [6, 6.07) is 4.96. The van der Waals surface area contributed by atoms with Crippen LogP contribution >= 0.6 is 0 Å². The molecule has 3 heterocycles. The topological polar surface area (TPSA) is 55.5 Å². The van der Waals surface area contributed by atoms with Gasteiger partial charge in [0.15, 0.2) is 0 Å². The third-order valence-corrected chi connectivity index (χ3v) is 4.60. The maximum absolute atomic E-state index is 14.9. The fourth-order valence-electron chi connectivity index (χ4n) is 3.45. The minimum atomic E-state index is -0.351. The first-order valence-electron chi connectivity index (χ1n) is 8.75. The van der Waals surface area contributed by atoms with Gasteiger partial charge in [-0.3, -0.25) is 4.40 Å². The lowest BCUT2D eigenvalue weighted by molar-refractivity contribution is 0.222. The summed E-state index contributed by atoms with van der Waals surface area (Å²) >= 11 is 0. The normalized spacial score (nSPS) is 15.1. The van der Waals surface area contributed by atoms with E-state index in [4.69, 9.17) is 4.74 Å². The van der Waals surface area contributed by atoms with Crippen molar-refractivity contribution in [3.8, 4) is 0 Å². The van der Waals surface area contributed by atoms with Gasteiger partial charge in [0.1, 0.15) is 23.2 Å². The molecule has 138 valence electrons. The molecular weight excluding hydrogens is 345 g/mol. The monoisotopic (exact) mass is 365 g/mol. The fraction of sp³-hybridized carbons (Fsp3) is 0.250. The molecule has 27 heavy (non-hydrogen) atoms. The largest absolute Gasteiger partial charge is 0.491 e. The van der Waals surface area contributed by atoms with E-state index in [-0.39, 0.29) is 5.82 Å². The molecule has 6 nitrogen and oxygen atoms in total. The van der Waals surface area contributed by atoms with Crippen LogP contribution in [0.3, 0.4) is 0 Å². The van der Waals surface area contributed by atoms with Crippen molar-refractivity contribution in [3.05, 3.63) is 66.1 Å². The zero-order valence-electron chi connectivity index (χ0n) is 15.4. The van der Waals surface area contributed by atoms with Gasteiger partial charge in [-0.1, -0.05) is 19.2 Å². The van der Waals surface area contributed by atoms with Crippen molar-refractivity contribution in [1.29, 1.82) is 0 Å². The van der Waals surface area contributed by atoms with E-state index in [1.54, 1.807) is 16.5 Å². The highest BCUT2D eigenvalue weighted by atomic mass is 19.1. The minimum absolute atomic E-state index is 0.351. The van der Waals surface area contributed by atoms with Crippen LogP contribution in [0.15, 0.2) is 54.5 Å². The molecule has 0 unspecified atom stereocenters. The van der Waals surface area contributed by atoms with Crippen LogP contribution in [-0.4, -0.2) is 32.7 Å². The molecule has 0 N–H and O–H groups in total. The zero-order chi connectivity index (χ0) is 19.1. The van der Waals surface area contributed by atoms with Gasteiger partial charge in [-0.2, -0.15) is 4.98 Å². The van der Waals surface area contributed by atoms with Crippen molar-refractivity contribution >= 4 is 22.5 Å². The summed E-state index contributed by atoms with van der Waals surface area (Å²) in [6.45, 7) is 12.8. The van der Waals surface area contributed by atoms with Crippen LogP contribution < -0.4 is 4.90 Å². The van der Waals surface area contributed by atoms with Gasteiger partial charge in [0.25, 0.3) is 5.78 Å². The van der Waals surface area contributed by atoms with Crippen molar-refractivity contribution in [2.24, 2.45) is 0 Å². The predicted molar refractivity (Wildman–Crippen MR) is 103 cm³/mol. The first-order chi connectivity index (χ1) is 13.0. The molecule has 0 bridgehead atoms. The third kappa shape index (κ3) is 2.66. The van der Waals surface area contributed by atoms with E-state index in [9.17, 15) is 4.39 Å². The lowest BCUT2D eigenvalue weighted by Gasteiger charge is -2.25. The average molecular weight is 365 g/mol. The number of halogens is 1. The van der Waals surface area contributed by atoms with Gasteiger partial charge in [-0.05, 0) is 44.1 Å². The van der Waals surface area contributed by atoms with E-state index >= 15 is 0 Å². The molecule has 1 aliphatic heterocycles. The highest BCUT2D eigenvalue weighted by molar-refractivity contribution is 5.93. The number of rotatable bonds is 3. The Balaban J connectivity index is 2.09. The average Bonchev–Trinajstić information content (AvgIpc) is 2.89. The van der Waals surface area contributed by atoms with Gasteiger partial charge in [-0.15, -0.1) is 10.2 Å². The van der Waals surface area contributed by atoms with E-state index in [1.165, 1.54) is 6.07 Å².